The van der Waals surface area contributed by atoms with Gasteiger partial charge in [-0.05, 0) is 42.5 Å². The van der Waals surface area contributed by atoms with Gasteiger partial charge in [-0.15, -0.1) is 0 Å². The quantitative estimate of drug-likeness (QED) is 0.602. The molecule has 0 radical (unpaired) electrons. The van der Waals surface area contributed by atoms with Crippen LogP contribution in [0.5, 0.6) is 11.5 Å². The number of carbonyl (C=O) groups excluding carboxylic acids is 2. The van der Waals surface area contributed by atoms with E-state index >= 15 is 0 Å². The summed E-state index contributed by atoms with van der Waals surface area (Å²) in [5.74, 6) is -1.32. The van der Waals surface area contributed by atoms with E-state index in [4.69, 9.17) is 14.2 Å². The van der Waals surface area contributed by atoms with Gasteiger partial charge in [0.1, 0.15) is 17.1 Å². The standard InChI is InChI=1S/C20H22N2O8S/c1-28-15-4-2-14(3-5-15)21-31(26,27)16-6-7-18(23)17(12-16)20(25)30-13-19(24)22-8-10-29-11-9-22/h2-7,12,21,23H,8-11,13H2,1H3. The van der Waals surface area contributed by atoms with E-state index in [9.17, 15) is 23.1 Å². The first kappa shape index (κ1) is 22.4. The maximum atomic E-state index is 12.7. The average Bonchev–Trinajstić information content (AvgIpc) is 2.78. The topological polar surface area (TPSA) is 131 Å². The van der Waals surface area contributed by atoms with Crippen LogP contribution < -0.4 is 9.46 Å². The predicted octanol–water partition coefficient (Wildman–Crippen LogP) is 1.22. The molecule has 0 bridgehead atoms. The number of methoxy groups -OCH3 is 1. The van der Waals surface area contributed by atoms with Crippen molar-refractivity contribution in [2.45, 2.75) is 4.90 Å². The number of esters is 1. The highest BCUT2D eigenvalue weighted by atomic mass is 32.2. The van der Waals surface area contributed by atoms with Crippen LogP contribution in [0.2, 0.25) is 0 Å². The molecule has 11 heteroatoms. The highest BCUT2D eigenvalue weighted by Gasteiger charge is 2.23. The van der Waals surface area contributed by atoms with Crippen LogP contribution in [-0.4, -0.2) is 70.3 Å². The van der Waals surface area contributed by atoms with Crippen molar-refractivity contribution in [3.8, 4) is 11.5 Å². The van der Waals surface area contributed by atoms with Crippen LogP contribution in [0, 0.1) is 0 Å². The number of hydrogen-bond acceptors (Lipinski definition) is 8. The zero-order valence-electron chi connectivity index (χ0n) is 16.7. The molecule has 2 aromatic rings. The lowest BCUT2D eigenvalue weighted by Gasteiger charge is -2.26. The number of ether oxygens (including phenoxy) is 3. The number of anilines is 1. The van der Waals surface area contributed by atoms with Crippen LogP contribution in [0.25, 0.3) is 0 Å². The Bertz CT molecular complexity index is 1050. The normalized spacial score (nSPS) is 14.0. The van der Waals surface area contributed by atoms with Crippen molar-refractivity contribution in [2.24, 2.45) is 0 Å². The Kier molecular flexibility index (Phi) is 6.98. The van der Waals surface area contributed by atoms with E-state index in [2.05, 4.69) is 4.72 Å². The summed E-state index contributed by atoms with van der Waals surface area (Å²) in [5, 5.41) is 9.99. The highest BCUT2D eigenvalue weighted by Crippen LogP contribution is 2.25. The Morgan fingerprint density at radius 3 is 2.45 bits per heavy atom. The van der Waals surface area contributed by atoms with E-state index in [1.54, 1.807) is 12.1 Å². The summed E-state index contributed by atoms with van der Waals surface area (Å²) in [7, 11) is -2.56. The number of nitrogens with one attached hydrogen (secondary N) is 1. The molecule has 2 aromatic carbocycles. The van der Waals surface area contributed by atoms with Crippen LogP contribution >= 0.6 is 0 Å². The van der Waals surface area contributed by atoms with Gasteiger partial charge in [0.05, 0.1) is 25.2 Å². The molecule has 1 aliphatic heterocycles. The third-order valence-corrected chi connectivity index (χ3v) is 5.91. The minimum absolute atomic E-state index is 0.257. The van der Waals surface area contributed by atoms with Gasteiger partial charge in [-0.2, -0.15) is 0 Å². The number of benzene rings is 2. The number of phenolic OH excluding ortho intramolecular Hbond substituents is 1. The summed E-state index contributed by atoms with van der Waals surface area (Å²) >= 11 is 0. The molecule has 31 heavy (non-hydrogen) atoms. The fourth-order valence-corrected chi connectivity index (χ4v) is 3.91. The van der Waals surface area contributed by atoms with Crippen molar-refractivity contribution in [1.29, 1.82) is 0 Å². The summed E-state index contributed by atoms with van der Waals surface area (Å²) in [4.78, 5) is 25.7. The average molecular weight is 450 g/mol. The van der Waals surface area contributed by atoms with Crippen molar-refractivity contribution in [1.82, 2.24) is 4.90 Å². The molecule has 0 atom stereocenters. The van der Waals surface area contributed by atoms with Crippen LogP contribution in [0.4, 0.5) is 5.69 Å². The molecule has 1 fully saturated rings. The molecule has 0 spiro atoms. The Balaban J connectivity index is 1.70. The maximum Gasteiger partial charge on any atom is 0.342 e. The van der Waals surface area contributed by atoms with Crippen molar-refractivity contribution in [2.75, 3.05) is 44.7 Å². The first-order chi connectivity index (χ1) is 14.8. The molecule has 166 valence electrons. The number of morpholine rings is 1. The number of sulfonamides is 1. The van der Waals surface area contributed by atoms with Crippen LogP contribution in [0.1, 0.15) is 10.4 Å². The molecule has 2 N–H and O–H groups in total. The van der Waals surface area contributed by atoms with Gasteiger partial charge in [0.2, 0.25) is 0 Å². The van der Waals surface area contributed by atoms with Crippen LogP contribution in [-0.2, 0) is 24.3 Å². The van der Waals surface area contributed by atoms with Crippen LogP contribution in [0.15, 0.2) is 47.4 Å². The highest BCUT2D eigenvalue weighted by molar-refractivity contribution is 7.92. The Morgan fingerprint density at radius 1 is 1.13 bits per heavy atom. The first-order valence-corrected chi connectivity index (χ1v) is 10.8. The summed E-state index contributed by atoms with van der Waals surface area (Å²) in [6.45, 7) is 1.07. The number of amides is 1. The molecule has 1 saturated heterocycles. The second-order valence-electron chi connectivity index (χ2n) is 6.58. The summed E-state index contributed by atoms with van der Waals surface area (Å²) in [6.07, 6.45) is 0. The van der Waals surface area contributed by atoms with Crippen LogP contribution in [0.3, 0.4) is 0 Å². The molecular formula is C20H22N2O8S. The van der Waals surface area contributed by atoms with Crippen molar-refractivity contribution in [3.63, 3.8) is 0 Å². The van der Waals surface area contributed by atoms with Gasteiger partial charge in [-0.3, -0.25) is 9.52 Å². The lowest BCUT2D eigenvalue weighted by Crippen LogP contribution is -2.42. The SMILES string of the molecule is COc1ccc(NS(=O)(=O)c2ccc(O)c(C(=O)OCC(=O)N3CCOCC3)c2)cc1. The zero-order chi connectivity index (χ0) is 22.4. The number of rotatable bonds is 7. The minimum Gasteiger partial charge on any atom is -0.507 e. The van der Waals surface area contributed by atoms with E-state index in [0.717, 1.165) is 18.2 Å². The monoisotopic (exact) mass is 450 g/mol. The molecule has 1 amide bonds. The summed E-state index contributed by atoms with van der Waals surface area (Å²) in [6, 6.07) is 9.42. The number of hydrogen-bond donors (Lipinski definition) is 2. The molecule has 1 aliphatic rings. The summed E-state index contributed by atoms with van der Waals surface area (Å²) < 4.78 is 42.9. The van der Waals surface area contributed by atoms with Gasteiger partial charge >= 0.3 is 5.97 Å². The van der Waals surface area contributed by atoms with Crippen molar-refractivity contribution < 1.29 is 37.3 Å². The zero-order valence-corrected chi connectivity index (χ0v) is 17.6. The van der Waals surface area contributed by atoms with E-state index in [1.807, 2.05) is 0 Å². The van der Waals surface area contributed by atoms with E-state index < -0.39 is 34.3 Å². The maximum absolute atomic E-state index is 12.7. The fraction of sp³-hybridized carbons (Fsp3) is 0.300. The molecule has 10 nitrogen and oxygen atoms in total. The predicted molar refractivity (Wildman–Crippen MR) is 110 cm³/mol. The third kappa shape index (κ3) is 5.64. The largest absolute Gasteiger partial charge is 0.507 e. The molecule has 1 heterocycles. The lowest BCUT2D eigenvalue weighted by atomic mass is 10.2. The van der Waals surface area contributed by atoms with Crippen molar-refractivity contribution in [3.05, 3.63) is 48.0 Å². The lowest BCUT2D eigenvalue weighted by molar-refractivity contribution is -0.138. The number of carbonyl (C=O) groups is 2. The van der Waals surface area contributed by atoms with Gasteiger partial charge in [-0.25, -0.2) is 13.2 Å². The molecule has 0 unspecified atom stereocenters. The second-order valence-corrected chi connectivity index (χ2v) is 8.26. The van der Waals surface area contributed by atoms with E-state index in [0.29, 0.717) is 32.1 Å². The fourth-order valence-electron chi connectivity index (χ4n) is 2.83. The Hall–Kier alpha value is -3.31. The summed E-state index contributed by atoms with van der Waals surface area (Å²) in [5.41, 5.74) is -0.0820. The van der Waals surface area contributed by atoms with Gasteiger partial charge in [0.15, 0.2) is 6.61 Å². The van der Waals surface area contributed by atoms with E-state index in [-0.39, 0.29) is 16.1 Å². The minimum atomic E-state index is -4.05. The smallest absolute Gasteiger partial charge is 0.342 e. The molecule has 0 aromatic heterocycles. The van der Waals surface area contributed by atoms with Gasteiger partial charge in [0, 0.05) is 18.8 Å². The molecule has 0 aliphatic carbocycles. The molecule has 0 saturated carbocycles. The first-order valence-electron chi connectivity index (χ1n) is 9.32. The number of nitrogens with zero attached hydrogens (tertiary/aromatic N) is 1. The molecule has 3 rings (SSSR count). The van der Waals surface area contributed by atoms with E-state index in [1.165, 1.54) is 24.1 Å². The Labute approximate surface area is 179 Å². The number of phenols is 1. The van der Waals surface area contributed by atoms with Crippen molar-refractivity contribution >= 4 is 27.6 Å². The number of aromatic hydroxyl groups is 1. The second kappa shape index (κ2) is 9.67. The Morgan fingerprint density at radius 2 is 1.81 bits per heavy atom. The van der Waals surface area contributed by atoms with Gasteiger partial charge in [0.25, 0.3) is 15.9 Å². The third-order valence-electron chi connectivity index (χ3n) is 4.53. The van der Waals surface area contributed by atoms with Gasteiger partial charge in [-0.1, -0.05) is 0 Å². The van der Waals surface area contributed by atoms with Gasteiger partial charge < -0.3 is 24.2 Å². The molecular weight excluding hydrogens is 428 g/mol.